The highest BCUT2D eigenvalue weighted by atomic mass is 19.1. The van der Waals surface area contributed by atoms with E-state index in [1.54, 1.807) is 0 Å². The summed E-state index contributed by atoms with van der Waals surface area (Å²) in [5.41, 5.74) is 5.73. The third-order valence-corrected chi connectivity index (χ3v) is 3.38. The normalized spacial score (nSPS) is 30.2. The van der Waals surface area contributed by atoms with Gasteiger partial charge in [-0.15, -0.1) is 0 Å². The van der Waals surface area contributed by atoms with Gasteiger partial charge in [0, 0.05) is 6.20 Å². The number of aromatic nitrogens is 3. The highest BCUT2D eigenvalue weighted by molar-refractivity contribution is 5.86. The molecule has 1 unspecified atom stereocenters. The van der Waals surface area contributed by atoms with Gasteiger partial charge in [0.2, 0.25) is 0 Å². The van der Waals surface area contributed by atoms with Crippen molar-refractivity contribution in [2.75, 3.05) is 12.3 Å². The molecule has 1 saturated heterocycles. The molecule has 0 amide bonds. The molecule has 4 atom stereocenters. The van der Waals surface area contributed by atoms with Crippen LogP contribution < -0.4 is 5.73 Å². The largest absolute Gasteiger partial charge is 0.394 e. The minimum Gasteiger partial charge on any atom is -0.394 e. The first-order chi connectivity index (χ1) is 9.54. The highest BCUT2D eigenvalue weighted by Gasteiger charge is 2.44. The molecule has 0 aliphatic carbocycles. The van der Waals surface area contributed by atoms with E-state index in [1.807, 2.05) is 0 Å². The number of rotatable bonds is 2. The summed E-state index contributed by atoms with van der Waals surface area (Å²) in [6.07, 6.45) is -2.38. The highest BCUT2D eigenvalue weighted by Crippen LogP contribution is 2.33. The Morgan fingerprint density at radius 3 is 2.75 bits per heavy atom. The standard InChI is InChI=1S/C11H13FN4O4/c12-4-1-16(10-6(4)9(13)14-3-15-10)11-8(19)7(18)5(2-17)20-11/h1,3,5,7-8,11,17-19H,2H2,(H2,13,14,15)/t5-,7-,8-,11?/m1/s1. The number of hydrogen-bond acceptors (Lipinski definition) is 7. The number of hydrogen-bond donors (Lipinski definition) is 4. The molecule has 1 aliphatic rings. The summed E-state index contributed by atoms with van der Waals surface area (Å²) in [6, 6.07) is 0. The third kappa shape index (κ3) is 1.75. The van der Waals surface area contributed by atoms with Crippen LogP contribution in [0.15, 0.2) is 12.5 Å². The van der Waals surface area contributed by atoms with Gasteiger partial charge in [-0.25, -0.2) is 14.4 Å². The molecule has 0 aromatic carbocycles. The Balaban J connectivity index is 2.10. The second-order valence-corrected chi connectivity index (χ2v) is 4.57. The topological polar surface area (TPSA) is 127 Å². The van der Waals surface area contributed by atoms with Crippen LogP contribution in [0, 0.1) is 5.82 Å². The molecule has 3 heterocycles. The Kier molecular flexibility index (Phi) is 3.05. The predicted octanol–water partition coefficient (Wildman–Crippen LogP) is -1.24. The average Bonchev–Trinajstić information content (AvgIpc) is 2.90. The Bertz CT molecular complexity index is 649. The van der Waals surface area contributed by atoms with Gasteiger partial charge in [-0.3, -0.25) is 0 Å². The number of nitrogens with two attached hydrogens (primary N) is 1. The van der Waals surface area contributed by atoms with Gasteiger partial charge in [-0.1, -0.05) is 0 Å². The monoisotopic (exact) mass is 284 g/mol. The third-order valence-electron chi connectivity index (χ3n) is 3.38. The SMILES string of the molecule is Nc1ncnc2c1c(F)cn2C1O[C@H](CO)[C@@H](O)[C@H]1O. The Morgan fingerprint density at radius 1 is 1.35 bits per heavy atom. The second-order valence-electron chi connectivity index (χ2n) is 4.57. The first-order valence-electron chi connectivity index (χ1n) is 5.93. The summed E-state index contributed by atoms with van der Waals surface area (Å²) >= 11 is 0. The number of anilines is 1. The van der Waals surface area contributed by atoms with Gasteiger partial charge in [-0.2, -0.15) is 0 Å². The van der Waals surface area contributed by atoms with Gasteiger partial charge < -0.3 is 30.4 Å². The first-order valence-corrected chi connectivity index (χ1v) is 5.93. The van der Waals surface area contributed by atoms with Crippen molar-refractivity contribution in [3.05, 3.63) is 18.3 Å². The molecule has 3 rings (SSSR count). The van der Waals surface area contributed by atoms with Crippen LogP contribution in [0.4, 0.5) is 10.2 Å². The van der Waals surface area contributed by atoms with Crippen molar-refractivity contribution < 1.29 is 24.4 Å². The number of aliphatic hydroxyl groups excluding tert-OH is 3. The van der Waals surface area contributed by atoms with Crippen LogP contribution in [0.1, 0.15) is 6.23 Å². The lowest BCUT2D eigenvalue weighted by molar-refractivity contribution is -0.0510. The second kappa shape index (κ2) is 4.63. The Hall–Kier alpha value is -1.81. The summed E-state index contributed by atoms with van der Waals surface area (Å²) in [4.78, 5) is 7.61. The van der Waals surface area contributed by atoms with Gasteiger partial charge in [0.15, 0.2) is 17.7 Å². The van der Waals surface area contributed by atoms with Crippen molar-refractivity contribution >= 4 is 16.9 Å². The molecule has 0 saturated carbocycles. The van der Waals surface area contributed by atoms with Crippen molar-refractivity contribution in [2.45, 2.75) is 24.5 Å². The van der Waals surface area contributed by atoms with Crippen molar-refractivity contribution in [1.29, 1.82) is 0 Å². The molecule has 20 heavy (non-hydrogen) atoms. The summed E-state index contributed by atoms with van der Waals surface area (Å²) < 4.78 is 20.5. The van der Waals surface area contributed by atoms with E-state index in [1.165, 1.54) is 4.57 Å². The lowest BCUT2D eigenvalue weighted by atomic mass is 10.1. The van der Waals surface area contributed by atoms with Crippen LogP contribution in [-0.4, -0.2) is 54.8 Å². The molecule has 1 fully saturated rings. The molecule has 1 aliphatic heterocycles. The molecule has 108 valence electrons. The van der Waals surface area contributed by atoms with Gasteiger partial charge in [0.25, 0.3) is 0 Å². The number of nitrogens with zero attached hydrogens (tertiary/aromatic N) is 3. The molecular weight excluding hydrogens is 271 g/mol. The van der Waals surface area contributed by atoms with Gasteiger partial charge >= 0.3 is 0 Å². The van der Waals surface area contributed by atoms with E-state index in [-0.39, 0.29) is 16.9 Å². The smallest absolute Gasteiger partial charge is 0.164 e. The zero-order valence-corrected chi connectivity index (χ0v) is 10.2. The van der Waals surface area contributed by atoms with Gasteiger partial charge in [0.1, 0.15) is 30.5 Å². The van der Waals surface area contributed by atoms with E-state index < -0.39 is 37.0 Å². The van der Waals surface area contributed by atoms with E-state index in [2.05, 4.69) is 9.97 Å². The molecule has 2 aromatic rings. The average molecular weight is 284 g/mol. The number of fused-ring (bicyclic) bond motifs is 1. The van der Waals surface area contributed by atoms with Crippen LogP contribution in [-0.2, 0) is 4.74 Å². The summed E-state index contributed by atoms with van der Waals surface area (Å²) in [5.74, 6) is -0.686. The molecule has 2 aromatic heterocycles. The van der Waals surface area contributed by atoms with E-state index in [0.717, 1.165) is 12.5 Å². The zero-order valence-electron chi connectivity index (χ0n) is 10.2. The lowest BCUT2D eigenvalue weighted by Crippen LogP contribution is -2.33. The fraction of sp³-hybridized carbons (Fsp3) is 0.455. The maximum atomic E-state index is 13.9. The zero-order chi connectivity index (χ0) is 14.4. The molecule has 0 radical (unpaired) electrons. The molecule has 9 heteroatoms. The molecule has 0 spiro atoms. The van der Waals surface area contributed by atoms with Crippen LogP contribution in [0.5, 0.6) is 0 Å². The fourth-order valence-corrected chi connectivity index (χ4v) is 2.37. The maximum absolute atomic E-state index is 13.9. The number of halogens is 1. The van der Waals surface area contributed by atoms with E-state index in [9.17, 15) is 14.6 Å². The van der Waals surface area contributed by atoms with E-state index >= 15 is 0 Å². The van der Waals surface area contributed by atoms with Gasteiger partial charge in [0.05, 0.1) is 12.0 Å². The van der Waals surface area contributed by atoms with Crippen LogP contribution in [0.3, 0.4) is 0 Å². The summed E-state index contributed by atoms with van der Waals surface area (Å²) in [5, 5.41) is 28.7. The fourth-order valence-electron chi connectivity index (χ4n) is 2.37. The summed E-state index contributed by atoms with van der Waals surface area (Å²) in [6.45, 7) is -0.465. The number of aliphatic hydroxyl groups is 3. The Morgan fingerprint density at radius 2 is 2.10 bits per heavy atom. The summed E-state index contributed by atoms with van der Waals surface area (Å²) in [7, 11) is 0. The van der Waals surface area contributed by atoms with Crippen LogP contribution in [0.25, 0.3) is 11.0 Å². The maximum Gasteiger partial charge on any atom is 0.164 e. The van der Waals surface area contributed by atoms with Crippen molar-refractivity contribution in [1.82, 2.24) is 14.5 Å². The quantitative estimate of drug-likeness (QED) is 0.543. The van der Waals surface area contributed by atoms with E-state index in [0.29, 0.717) is 0 Å². The lowest BCUT2D eigenvalue weighted by Gasteiger charge is -2.16. The van der Waals surface area contributed by atoms with E-state index in [4.69, 9.17) is 15.6 Å². The number of ether oxygens (including phenoxy) is 1. The molecule has 0 bridgehead atoms. The predicted molar refractivity (Wildman–Crippen MR) is 64.9 cm³/mol. The van der Waals surface area contributed by atoms with Crippen molar-refractivity contribution in [2.24, 2.45) is 0 Å². The number of nitrogen functional groups attached to an aromatic ring is 1. The van der Waals surface area contributed by atoms with Crippen LogP contribution in [0.2, 0.25) is 0 Å². The molecular formula is C11H13FN4O4. The van der Waals surface area contributed by atoms with Crippen LogP contribution >= 0.6 is 0 Å². The molecule has 5 N–H and O–H groups in total. The van der Waals surface area contributed by atoms with Crippen molar-refractivity contribution in [3.63, 3.8) is 0 Å². The minimum absolute atomic E-state index is 0.0187. The Labute approximate surface area is 112 Å². The van der Waals surface area contributed by atoms with Crippen molar-refractivity contribution in [3.8, 4) is 0 Å². The minimum atomic E-state index is -1.32. The molecule has 8 nitrogen and oxygen atoms in total. The van der Waals surface area contributed by atoms with Gasteiger partial charge in [-0.05, 0) is 0 Å². The first kappa shape index (κ1) is 13.2.